The maximum atomic E-state index is 6.25. The van der Waals surface area contributed by atoms with Crippen LogP contribution in [0.25, 0.3) is 0 Å². The lowest BCUT2D eigenvalue weighted by Crippen LogP contribution is -2.17. The highest BCUT2D eigenvalue weighted by molar-refractivity contribution is 9.10. The van der Waals surface area contributed by atoms with E-state index >= 15 is 0 Å². The predicted molar refractivity (Wildman–Crippen MR) is 137 cm³/mol. The van der Waals surface area contributed by atoms with Gasteiger partial charge < -0.3 is 14.5 Å². The molecule has 0 spiro atoms. The lowest BCUT2D eigenvalue weighted by atomic mass is 10.2. The number of hydrazone groups is 1. The number of aromatic nitrogens is 2. The van der Waals surface area contributed by atoms with Crippen LogP contribution in [0, 0.1) is 0 Å². The molecule has 0 aliphatic rings. The second-order valence-corrected chi connectivity index (χ2v) is 9.04. The third-order valence-corrected chi connectivity index (χ3v) is 5.39. The van der Waals surface area contributed by atoms with Crippen molar-refractivity contribution in [1.29, 1.82) is 0 Å². The fraction of sp³-hybridized carbons (Fsp3) is 0.227. The Morgan fingerprint density at radius 1 is 1.03 bits per heavy atom. The summed E-state index contributed by atoms with van der Waals surface area (Å²) in [4.78, 5) is 12.7. The minimum Gasteiger partial charge on any atom is -0.488 e. The first-order valence-electron chi connectivity index (χ1n) is 9.62. The van der Waals surface area contributed by atoms with Crippen molar-refractivity contribution in [1.82, 2.24) is 9.97 Å². The van der Waals surface area contributed by atoms with Crippen molar-refractivity contribution in [2.45, 2.75) is 6.61 Å². The third kappa shape index (κ3) is 6.48. The van der Waals surface area contributed by atoms with Gasteiger partial charge >= 0.3 is 0 Å². The number of rotatable bonds is 8. The summed E-state index contributed by atoms with van der Waals surface area (Å²) in [6.07, 6.45) is 1.68. The maximum Gasteiger partial charge on any atom is 0.228 e. The van der Waals surface area contributed by atoms with Gasteiger partial charge in [-0.15, -0.1) is 0 Å². The molecule has 0 saturated heterocycles. The second kappa shape index (κ2) is 10.8. The molecular weight excluding hydrogens is 515 g/mol. The molecule has 0 fully saturated rings. The van der Waals surface area contributed by atoms with Gasteiger partial charge in [-0.05, 0) is 30.3 Å². The smallest absolute Gasteiger partial charge is 0.228 e. The van der Waals surface area contributed by atoms with E-state index in [0.717, 1.165) is 21.4 Å². The van der Waals surface area contributed by atoms with Gasteiger partial charge in [-0.1, -0.05) is 45.2 Å². The van der Waals surface area contributed by atoms with E-state index in [1.807, 2.05) is 68.3 Å². The first-order valence-corrected chi connectivity index (χ1v) is 11.2. The highest BCUT2D eigenvalue weighted by Gasteiger charge is 2.09. The van der Waals surface area contributed by atoms with Crippen LogP contribution in [-0.4, -0.2) is 44.4 Å². The minimum absolute atomic E-state index is 0.302. The molecule has 7 nitrogen and oxygen atoms in total. The topological polar surface area (TPSA) is 65.9 Å². The first-order chi connectivity index (χ1) is 15.2. The lowest BCUT2D eigenvalue weighted by Gasteiger charge is -2.17. The number of hydrogen-bond donors (Lipinski definition) is 1. The van der Waals surface area contributed by atoms with Crippen LogP contribution < -0.4 is 20.0 Å². The summed E-state index contributed by atoms with van der Waals surface area (Å²) in [7, 11) is 7.62. The van der Waals surface area contributed by atoms with E-state index in [1.54, 1.807) is 18.3 Å². The van der Waals surface area contributed by atoms with Crippen molar-refractivity contribution < 1.29 is 4.74 Å². The standard InChI is InChI=1S/C22H23BrCl2N6O/c1-30(2)21-11-20(27-22(28-21)31(3)4)29-26-12-15-9-16(23)6-8-19(15)32-13-14-5-7-17(24)10-18(14)25/h5-12H,13H2,1-4H3,(H,27,28,29)/b26-12-. The number of ether oxygens (including phenoxy) is 1. The molecule has 0 unspecified atom stereocenters. The fourth-order valence-electron chi connectivity index (χ4n) is 2.62. The van der Waals surface area contributed by atoms with Crippen LogP contribution in [0.1, 0.15) is 11.1 Å². The summed E-state index contributed by atoms with van der Waals surface area (Å²) in [5.41, 5.74) is 4.60. The van der Waals surface area contributed by atoms with E-state index in [9.17, 15) is 0 Å². The van der Waals surface area contributed by atoms with Crippen LogP contribution in [0.15, 0.2) is 52.0 Å². The number of anilines is 3. The molecule has 0 atom stereocenters. The van der Waals surface area contributed by atoms with Crippen LogP contribution in [0.2, 0.25) is 10.0 Å². The van der Waals surface area contributed by atoms with Crippen LogP contribution in [0.5, 0.6) is 5.75 Å². The van der Waals surface area contributed by atoms with Crippen LogP contribution in [-0.2, 0) is 6.61 Å². The average molecular weight is 538 g/mol. The van der Waals surface area contributed by atoms with E-state index in [2.05, 4.69) is 36.4 Å². The lowest BCUT2D eigenvalue weighted by molar-refractivity contribution is 0.306. The number of nitrogens with zero attached hydrogens (tertiary/aromatic N) is 5. The Kier molecular flexibility index (Phi) is 8.17. The van der Waals surface area contributed by atoms with Crippen molar-refractivity contribution >= 4 is 62.9 Å². The van der Waals surface area contributed by atoms with Crippen LogP contribution >= 0.6 is 39.1 Å². The minimum atomic E-state index is 0.302. The van der Waals surface area contributed by atoms with Gasteiger partial charge in [0.2, 0.25) is 5.95 Å². The van der Waals surface area contributed by atoms with Gasteiger partial charge in [-0.2, -0.15) is 15.1 Å². The van der Waals surface area contributed by atoms with Crippen LogP contribution in [0.4, 0.5) is 17.6 Å². The molecular formula is C22H23BrCl2N6O. The van der Waals surface area contributed by atoms with Gasteiger partial charge in [-0.25, -0.2) is 0 Å². The largest absolute Gasteiger partial charge is 0.488 e. The summed E-state index contributed by atoms with van der Waals surface area (Å²) in [5, 5.41) is 5.50. The molecule has 3 aromatic rings. The Labute approximate surface area is 206 Å². The number of halogens is 3. The SMILES string of the molecule is CN(C)c1cc(N/N=C\c2cc(Br)ccc2OCc2ccc(Cl)cc2Cl)nc(N(C)C)n1. The van der Waals surface area contributed by atoms with E-state index in [1.165, 1.54) is 0 Å². The van der Waals surface area contributed by atoms with Gasteiger partial charge in [0.15, 0.2) is 5.82 Å². The second-order valence-electron chi connectivity index (χ2n) is 7.28. The van der Waals surface area contributed by atoms with Gasteiger partial charge in [-0.3, -0.25) is 5.43 Å². The molecule has 0 aliphatic carbocycles. The predicted octanol–water partition coefficient (Wildman–Crippen LogP) is 5.70. The van der Waals surface area contributed by atoms with Crippen molar-refractivity contribution in [3.8, 4) is 5.75 Å². The Morgan fingerprint density at radius 3 is 2.50 bits per heavy atom. The van der Waals surface area contributed by atoms with E-state index in [-0.39, 0.29) is 0 Å². The average Bonchev–Trinajstić information content (AvgIpc) is 2.74. The first kappa shape index (κ1) is 24.1. The monoisotopic (exact) mass is 536 g/mol. The van der Waals surface area contributed by atoms with Gasteiger partial charge in [0, 0.05) is 59.9 Å². The molecule has 0 saturated carbocycles. The molecule has 2 aromatic carbocycles. The Morgan fingerprint density at radius 2 is 1.81 bits per heavy atom. The molecule has 0 amide bonds. The number of benzene rings is 2. The molecule has 3 rings (SSSR count). The van der Waals surface area contributed by atoms with Crippen molar-refractivity contribution in [2.75, 3.05) is 43.4 Å². The molecule has 1 heterocycles. The van der Waals surface area contributed by atoms with Gasteiger partial charge in [0.05, 0.1) is 6.21 Å². The van der Waals surface area contributed by atoms with Crippen molar-refractivity contribution in [2.24, 2.45) is 5.10 Å². The molecule has 168 valence electrons. The van der Waals surface area contributed by atoms with Crippen LogP contribution in [0.3, 0.4) is 0 Å². The summed E-state index contributed by atoms with van der Waals surface area (Å²) in [6.45, 7) is 0.302. The fourth-order valence-corrected chi connectivity index (χ4v) is 3.46. The molecule has 1 aromatic heterocycles. The maximum absolute atomic E-state index is 6.25. The highest BCUT2D eigenvalue weighted by atomic mass is 79.9. The third-order valence-electron chi connectivity index (χ3n) is 4.31. The van der Waals surface area contributed by atoms with E-state index in [4.69, 9.17) is 27.9 Å². The Bertz CT molecular complexity index is 1100. The van der Waals surface area contributed by atoms with Gasteiger partial charge in [0.25, 0.3) is 0 Å². The summed E-state index contributed by atoms with van der Waals surface area (Å²) in [5.74, 6) is 2.59. The molecule has 0 radical (unpaired) electrons. The molecule has 10 heteroatoms. The quantitative estimate of drug-likeness (QED) is 0.293. The zero-order valence-electron chi connectivity index (χ0n) is 18.1. The van der Waals surface area contributed by atoms with Crippen molar-refractivity contribution in [3.05, 3.63) is 68.1 Å². The molecule has 32 heavy (non-hydrogen) atoms. The molecule has 0 aliphatic heterocycles. The van der Waals surface area contributed by atoms with Gasteiger partial charge in [0.1, 0.15) is 18.2 Å². The zero-order chi connectivity index (χ0) is 23.3. The number of hydrogen-bond acceptors (Lipinski definition) is 7. The molecule has 1 N–H and O–H groups in total. The van der Waals surface area contributed by atoms with Crippen molar-refractivity contribution in [3.63, 3.8) is 0 Å². The molecule has 0 bridgehead atoms. The normalized spacial score (nSPS) is 11.0. The Hall–Kier alpha value is -2.55. The summed E-state index contributed by atoms with van der Waals surface area (Å²) >= 11 is 15.7. The zero-order valence-corrected chi connectivity index (χ0v) is 21.2. The number of nitrogens with one attached hydrogen (secondary N) is 1. The Balaban J connectivity index is 1.78. The summed E-state index contributed by atoms with van der Waals surface area (Å²) in [6, 6.07) is 12.8. The van der Waals surface area contributed by atoms with E-state index in [0.29, 0.717) is 34.2 Å². The van der Waals surface area contributed by atoms with E-state index < -0.39 is 0 Å². The highest BCUT2D eigenvalue weighted by Crippen LogP contribution is 2.26. The summed E-state index contributed by atoms with van der Waals surface area (Å²) < 4.78 is 6.90.